The van der Waals surface area contributed by atoms with Crippen molar-refractivity contribution in [3.05, 3.63) is 65.9 Å². The Kier molecular flexibility index (Phi) is 7.55. The molecule has 0 radical (unpaired) electrons. The third-order valence-corrected chi connectivity index (χ3v) is 5.94. The molecule has 0 aliphatic heterocycles. The van der Waals surface area contributed by atoms with Crippen molar-refractivity contribution in [1.82, 2.24) is 9.97 Å². The Balaban J connectivity index is 1.60. The summed E-state index contributed by atoms with van der Waals surface area (Å²) in [7, 11) is 0. The lowest BCUT2D eigenvalue weighted by Gasteiger charge is -2.25. The third-order valence-electron chi connectivity index (χ3n) is 5.94. The molecule has 3 aromatic rings. The number of hydrogen-bond acceptors (Lipinski definition) is 5. The maximum absolute atomic E-state index is 13.8. The van der Waals surface area contributed by atoms with E-state index in [0.29, 0.717) is 23.9 Å². The van der Waals surface area contributed by atoms with Crippen LogP contribution in [0.3, 0.4) is 0 Å². The summed E-state index contributed by atoms with van der Waals surface area (Å²) in [6, 6.07) is 14.7. The van der Waals surface area contributed by atoms with E-state index in [1.165, 1.54) is 6.42 Å². The third kappa shape index (κ3) is 5.98. The van der Waals surface area contributed by atoms with E-state index < -0.39 is 11.7 Å². The monoisotopic (exact) mass is 470 g/mol. The summed E-state index contributed by atoms with van der Waals surface area (Å²) in [5, 5.41) is 5.96. The standard InChI is InChI=1S/C26H29F3N4O/c1-2-16-34-20-14-12-19(13-15-20)31-25-30-17-22(26(27,28)29)24(33-25)32-23-11-7-6-10-21(23)18-8-4-3-5-9-18/h6-7,10-15,17-18H,2-5,8-9,16H2,1H3,(H2,30,31,32,33). The smallest absolute Gasteiger partial charge is 0.421 e. The van der Waals surface area contributed by atoms with Crippen LogP contribution < -0.4 is 15.4 Å². The van der Waals surface area contributed by atoms with Crippen molar-refractivity contribution in [2.45, 2.75) is 57.5 Å². The topological polar surface area (TPSA) is 59.1 Å². The van der Waals surface area contributed by atoms with E-state index in [0.717, 1.165) is 49.6 Å². The van der Waals surface area contributed by atoms with E-state index in [-0.39, 0.29) is 11.8 Å². The second kappa shape index (κ2) is 10.8. The van der Waals surface area contributed by atoms with Crippen LogP contribution in [0.25, 0.3) is 0 Å². The number of alkyl halides is 3. The molecule has 0 unspecified atom stereocenters. The van der Waals surface area contributed by atoms with Crippen LogP contribution in [0.2, 0.25) is 0 Å². The molecule has 2 N–H and O–H groups in total. The van der Waals surface area contributed by atoms with E-state index in [2.05, 4.69) is 20.6 Å². The average Bonchev–Trinajstić information content (AvgIpc) is 2.84. The van der Waals surface area contributed by atoms with Gasteiger partial charge in [0.25, 0.3) is 0 Å². The molecule has 34 heavy (non-hydrogen) atoms. The van der Waals surface area contributed by atoms with Crippen LogP contribution in [-0.4, -0.2) is 16.6 Å². The number of aromatic nitrogens is 2. The summed E-state index contributed by atoms with van der Waals surface area (Å²) in [4.78, 5) is 8.12. The van der Waals surface area contributed by atoms with Crippen LogP contribution >= 0.6 is 0 Å². The Morgan fingerprint density at radius 1 is 0.971 bits per heavy atom. The highest BCUT2D eigenvalue weighted by Gasteiger charge is 2.35. The molecule has 0 spiro atoms. The molecule has 1 fully saturated rings. The fourth-order valence-corrected chi connectivity index (χ4v) is 4.24. The van der Waals surface area contributed by atoms with E-state index >= 15 is 0 Å². The second-order valence-electron chi connectivity index (χ2n) is 8.50. The summed E-state index contributed by atoms with van der Waals surface area (Å²) < 4.78 is 46.8. The van der Waals surface area contributed by atoms with Gasteiger partial charge in [-0.2, -0.15) is 18.2 Å². The molecule has 1 aliphatic carbocycles. The minimum absolute atomic E-state index is 0.0767. The first-order valence-corrected chi connectivity index (χ1v) is 11.7. The Morgan fingerprint density at radius 3 is 2.41 bits per heavy atom. The van der Waals surface area contributed by atoms with Crippen molar-refractivity contribution >= 4 is 23.1 Å². The van der Waals surface area contributed by atoms with Gasteiger partial charge in [-0.15, -0.1) is 0 Å². The largest absolute Gasteiger partial charge is 0.494 e. The van der Waals surface area contributed by atoms with Crippen LogP contribution in [0.5, 0.6) is 5.75 Å². The van der Waals surface area contributed by atoms with Crippen molar-refractivity contribution in [1.29, 1.82) is 0 Å². The normalized spacial score (nSPS) is 14.6. The zero-order valence-corrected chi connectivity index (χ0v) is 19.2. The lowest BCUT2D eigenvalue weighted by Crippen LogP contribution is -2.14. The molecular weight excluding hydrogens is 441 g/mol. The second-order valence-corrected chi connectivity index (χ2v) is 8.50. The molecule has 180 valence electrons. The highest BCUT2D eigenvalue weighted by Crippen LogP contribution is 2.39. The Hall–Kier alpha value is -3.29. The van der Waals surface area contributed by atoms with Gasteiger partial charge >= 0.3 is 6.18 Å². The van der Waals surface area contributed by atoms with E-state index in [1.807, 2.05) is 31.2 Å². The summed E-state index contributed by atoms with van der Waals surface area (Å²) in [5.41, 5.74) is 1.44. The lowest BCUT2D eigenvalue weighted by atomic mass is 9.83. The fourth-order valence-electron chi connectivity index (χ4n) is 4.24. The number of anilines is 4. The average molecular weight is 471 g/mol. The summed E-state index contributed by atoms with van der Waals surface area (Å²) in [6.07, 6.45) is 2.70. The van der Waals surface area contributed by atoms with Gasteiger partial charge in [-0.1, -0.05) is 44.4 Å². The molecule has 5 nitrogen and oxygen atoms in total. The number of rotatable bonds is 8. The number of nitrogens with zero attached hydrogens (tertiary/aromatic N) is 2. The number of hydrogen-bond donors (Lipinski definition) is 2. The van der Waals surface area contributed by atoms with Crippen LogP contribution in [-0.2, 0) is 6.18 Å². The molecule has 0 amide bonds. The molecular formula is C26H29F3N4O. The number of para-hydroxylation sites is 1. The van der Waals surface area contributed by atoms with E-state index in [9.17, 15) is 13.2 Å². The molecule has 0 bridgehead atoms. The van der Waals surface area contributed by atoms with Crippen molar-refractivity contribution in [2.75, 3.05) is 17.2 Å². The van der Waals surface area contributed by atoms with Gasteiger partial charge in [0.2, 0.25) is 5.95 Å². The predicted octanol–water partition coefficient (Wildman–Crippen LogP) is 7.82. The van der Waals surface area contributed by atoms with Gasteiger partial charge < -0.3 is 15.4 Å². The summed E-state index contributed by atoms with van der Waals surface area (Å²) >= 11 is 0. The van der Waals surface area contributed by atoms with Crippen molar-refractivity contribution in [3.63, 3.8) is 0 Å². The fraction of sp³-hybridized carbons (Fsp3) is 0.385. The SMILES string of the molecule is CCCOc1ccc(Nc2ncc(C(F)(F)F)c(Nc3ccccc3C3CCCCC3)n2)cc1. The predicted molar refractivity (Wildman–Crippen MR) is 128 cm³/mol. The highest BCUT2D eigenvalue weighted by atomic mass is 19.4. The molecule has 0 saturated heterocycles. The van der Waals surface area contributed by atoms with Gasteiger partial charge in [0, 0.05) is 17.6 Å². The number of nitrogens with one attached hydrogen (secondary N) is 2. The minimum atomic E-state index is -4.58. The minimum Gasteiger partial charge on any atom is -0.494 e. The first-order chi connectivity index (χ1) is 16.4. The molecule has 1 heterocycles. The van der Waals surface area contributed by atoms with Gasteiger partial charge in [-0.3, -0.25) is 0 Å². The van der Waals surface area contributed by atoms with Crippen LogP contribution in [0, 0.1) is 0 Å². The molecule has 2 aromatic carbocycles. The van der Waals surface area contributed by atoms with Gasteiger partial charge in [0.15, 0.2) is 0 Å². The molecule has 1 aromatic heterocycles. The van der Waals surface area contributed by atoms with Gasteiger partial charge in [0.1, 0.15) is 17.1 Å². The van der Waals surface area contributed by atoms with Crippen LogP contribution in [0.1, 0.15) is 62.5 Å². The molecule has 8 heteroatoms. The number of ether oxygens (including phenoxy) is 1. The summed E-state index contributed by atoms with van der Waals surface area (Å²) in [6.45, 7) is 2.64. The number of halogens is 3. The van der Waals surface area contributed by atoms with E-state index in [4.69, 9.17) is 4.74 Å². The van der Waals surface area contributed by atoms with Gasteiger partial charge in [-0.05, 0) is 61.1 Å². The zero-order chi connectivity index (χ0) is 24.0. The zero-order valence-electron chi connectivity index (χ0n) is 19.2. The molecule has 4 rings (SSSR count). The quantitative estimate of drug-likeness (QED) is 0.351. The van der Waals surface area contributed by atoms with Crippen molar-refractivity contribution < 1.29 is 17.9 Å². The molecule has 1 saturated carbocycles. The van der Waals surface area contributed by atoms with Crippen LogP contribution in [0.15, 0.2) is 54.7 Å². The first-order valence-electron chi connectivity index (χ1n) is 11.7. The Morgan fingerprint density at radius 2 is 1.71 bits per heavy atom. The Labute approximate surface area is 197 Å². The van der Waals surface area contributed by atoms with Crippen LogP contribution in [0.4, 0.5) is 36.3 Å². The summed E-state index contributed by atoms with van der Waals surface area (Å²) in [5.74, 6) is 0.867. The highest BCUT2D eigenvalue weighted by molar-refractivity contribution is 5.66. The number of benzene rings is 2. The Bertz CT molecular complexity index is 1080. The first kappa shape index (κ1) is 23.9. The maximum Gasteiger partial charge on any atom is 0.421 e. The van der Waals surface area contributed by atoms with Crippen molar-refractivity contribution in [2.24, 2.45) is 0 Å². The molecule has 0 atom stereocenters. The lowest BCUT2D eigenvalue weighted by molar-refractivity contribution is -0.137. The maximum atomic E-state index is 13.8. The van der Waals surface area contributed by atoms with Crippen molar-refractivity contribution in [3.8, 4) is 5.75 Å². The van der Waals surface area contributed by atoms with E-state index in [1.54, 1.807) is 24.3 Å². The van der Waals surface area contributed by atoms with Gasteiger partial charge in [0.05, 0.1) is 6.61 Å². The molecule has 1 aliphatic rings. The van der Waals surface area contributed by atoms with Gasteiger partial charge in [-0.25, -0.2) is 4.98 Å².